The molecule has 0 amide bonds. The normalized spacial score (nSPS) is 22.2. The molecular weight excluding hydrogens is 320 g/mol. The van der Waals surface area contributed by atoms with Gasteiger partial charge < -0.3 is 4.74 Å². The molecule has 4 heteroatoms. The van der Waals surface area contributed by atoms with E-state index in [1.54, 1.807) is 0 Å². The lowest BCUT2D eigenvalue weighted by molar-refractivity contribution is -0.147. The lowest BCUT2D eigenvalue weighted by Crippen LogP contribution is -2.37. The van der Waals surface area contributed by atoms with Gasteiger partial charge in [0, 0.05) is 23.5 Å². The van der Waals surface area contributed by atoms with Crippen molar-refractivity contribution in [3.8, 4) is 0 Å². The van der Waals surface area contributed by atoms with Gasteiger partial charge in [0.15, 0.2) is 0 Å². The van der Waals surface area contributed by atoms with Crippen LogP contribution >= 0.6 is 0 Å². The number of carbonyl (C=O) groups is 1. The van der Waals surface area contributed by atoms with Crippen molar-refractivity contribution in [2.75, 3.05) is 5.75 Å². The zero-order valence-electron chi connectivity index (χ0n) is 15.9. The second-order valence-electron chi connectivity index (χ2n) is 7.24. The lowest BCUT2D eigenvalue weighted by Gasteiger charge is -2.30. The maximum Gasteiger partial charge on any atom is 0.302 e. The zero-order valence-corrected chi connectivity index (χ0v) is 16.7. The molecular formula is C20H38O3S. The van der Waals surface area contributed by atoms with Gasteiger partial charge in [0.05, 0.1) is 5.25 Å². The van der Waals surface area contributed by atoms with Gasteiger partial charge in [0.1, 0.15) is 6.10 Å². The van der Waals surface area contributed by atoms with Gasteiger partial charge in [-0.15, -0.1) is 0 Å². The number of esters is 1. The predicted octanol–water partition coefficient (Wildman–Crippen LogP) is 5.53. The Labute approximate surface area is 151 Å². The molecule has 24 heavy (non-hydrogen) atoms. The number of hydrogen-bond acceptors (Lipinski definition) is 3. The average molecular weight is 359 g/mol. The van der Waals surface area contributed by atoms with Gasteiger partial charge in [0.25, 0.3) is 0 Å². The molecule has 142 valence electrons. The molecule has 0 radical (unpaired) electrons. The minimum atomic E-state index is -0.843. The standard InChI is InChI=1S/C20H38O3S/c1-3-4-5-6-7-8-9-10-11-14-17-24(22)20-16-13-12-15-19(20)23-18(2)21/h19-20H,3-17H2,1-2H3/t19-,20-,24+/m1/s1. The molecule has 0 unspecified atom stereocenters. The molecule has 3 atom stereocenters. The molecule has 0 aromatic rings. The van der Waals surface area contributed by atoms with Gasteiger partial charge in [-0.25, -0.2) is 0 Å². The predicted molar refractivity (Wildman–Crippen MR) is 103 cm³/mol. The Morgan fingerprint density at radius 2 is 1.46 bits per heavy atom. The van der Waals surface area contributed by atoms with Crippen molar-refractivity contribution in [2.24, 2.45) is 0 Å². The fourth-order valence-corrected chi connectivity index (χ4v) is 5.35. The van der Waals surface area contributed by atoms with E-state index in [1.165, 1.54) is 64.7 Å². The summed E-state index contributed by atoms with van der Waals surface area (Å²) < 4.78 is 17.9. The highest BCUT2D eigenvalue weighted by molar-refractivity contribution is 7.85. The summed E-state index contributed by atoms with van der Waals surface area (Å²) in [6.07, 6.45) is 16.9. The van der Waals surface area contributed by atoms with Crippen LogP contribution in [0, 0.1) is 0 Å². The van der Waals surface area contributed by atoms with Crippen molar-refractivity contribution in [3.05, 3.63) is 0 Å². The summed E-state index contributed by atoms with van der Waals surface area (Å²) in [6.45, 7) is 3.71. The van der Waals surface area contributed by atoms with Crippen molar-refractivity contribution in [3.63, 3.8) is 0 Å². The van der Waals surface area contributed by atoms with E-state index in [2.05, 4.69) is 6.92 Å². The quantitative estimate of drug-likeness (QED) is 0.321. The van der Waals surface area contributed by atoms with Gasteiger partial charge in [0.2, 0.25) is 0 Å². The van der Waals surface area contributed by atoms with Crippen LogP contribution in [0.5, 0.6) is 0 Å². The van der Waals surface area contributed by atoms with Gasteiger partial charge in [-0.1, -0.05) is 71.1 Å². The fourth-order valence-electron chi connectivity index (χ4n) is 3.59. The highest BCUT2D eigenvalue weighted by Crippen LogP contribution is 2.26. The Kier molecular flexibility index (Phi) is 12.5. The molecule has 0 spiro atoms. The first-order valence-electron chi connectivity index (χ1n) is 10.2. The zero-order chi connectivity index (χ0) is 17.6. The third-order valence-corrected chi connectivity index (χ3v) is 6.90. The molecule has 0 aliphatic heterocycles. The van der Waals surface area contributed by atoms with Crippen LogP contribution in [0.2, 0.25) is 0 Å². The van der Waals surface area contributed by atoms with Gasteiger partial charge >= 0.3 is 5.97 Å². The third-order valence-electron chi connectivity index (χ3n) is 5.00. The average Bonchev–Trinajstić information content (AvgIpc) is 2.56. The van der Waals surface area contributed by atoms with Crippen LogP contribution in [0.4, 0.5) is 0 Å². The van der Waals surface area contributed by atoms with E-state index in [0.29, 0.717) is 0 Å². The topological polar surface area (TPSA) is 43.4 Å². The van der Waals surface area contributed by atoms with Crippen LogP contribution in [-0.4, -0.2) is 27.3 Å². The SMILES string of the molecule is CCCCCCCCCCCC[S@](=O)[C@@H]1CCCC[C@H]1OC(C)=O. The monoisotopic (exact) mass is 358 g/mol. The summed E-state index contributed by atoms with van der Waals surface area (Å²) in [7, 11) is -0.843. The maximum absolute atomic E-state index is 12.5. The van der Waals surface area contributed by atoms with Crippen LogP contribution in [0.25, 0.3) is 0 Å². The van der Waals surface area contributed by atoms with E-state index in [4.69, 9.17) is 4.74 Å². The molecule has 0 bridgehead atoms. The van der Waals surface area contributed by atoms with Crippen molar-refractivity contribution in [1.29, 1.82) is 0 Å². The summed E-state index contributed by atoms with van der Waals surface area (Å²) in [4.78, 5) is 11.2. The van der Waals surface area contributed by atoms with Crippen molar-refractivity contribution in [1.82, 2.24) is 0 Å². The molecule has 0 heterocycles. The number of ether oxygens (including phenoxy) is 1. The van der Waals surface area contributed by atoms with E-state index in [1.807, 2.05) is 0 Å². The second-order valence-corrected chi connectivity index (χ2v) is 9.01. The largest absolute Gasteiger partial charge is 0.461 e. The number of rotatable bonds is 13. The Morgan fingerprint density at radius 3 is 2.04 bits per heavy atom. The first-order valence-corrected chi connectivity index (χ1v) is 11.6. The smallest absolute Gasteiger partial charge is 0.302 e. The maximum atomic E-state index is 12.5. The molecule has 0 aromatic carbocycles. The molecule has 1 saturated carbocycles. The summed E-state index contributed by atoms with van der Waals surface area (Å²) in [5.74, 6) is 0.543. The molecule has 3 nitrogen and oxygen atoms in total. The van der Waals surface area contributed by atoms with Crippen LogP contribution in [0.15, 0.2) is 0 Å². The van der Waals surface area contributed by atoms with Crippen LogP contribution < -0.4 is 0 Å². The number of unbranched alkanes of at least 4 members (excludes halogenated alkanes) is 9. The van der Waals surface area contributed by atoms with Gasteiger partial charge in [-0.05, 0) is 25.7 Å². The molecule has 0 N–H and O–H groups in total. The fraction of sp³-hybridized carbons (Fsp3) is 0.950. The van der Waals surface area contributed by atoms with Crippen molar-refractivity contribution in [2.45, 2.75) is 115 Å². The van der Waals surface area contributed by atoms with Crippen molar-refractivity contribution < 1.29 is 13.7 Å². The van der Waals surface area contributed by atoms with Crippen LogP contribution in [0.3, 0.4) is 0 Å². The van der Waals surface area contributed by atoms with E-state index in [0.717, 1.165) is 37.9 Å². The third kappa shape index (κ3) is 9.80. The summed E-state index contributed by atoms with van der Waals surface area (Å²) in [6, 6.07) is 0. The van der Waals surface area contributed by atoms with Gasteiger partial charge in [-0.3, -0.25) is 9.00 Å². The first-order chi connectivity index (χ1) is 11.6. The minimum Gasteiger partial charge on any atom is -0.461 e. The Morgan fingerprint density at radius 1 is 0.917 bits per heavy atom. The van der Waals surface area contributed by atoms with Crippen LogP contribution in [0.1, 0.15) is 104 Å². The molecule has 0 aromatic heterocycles. The van der Waals surface area contributed by atoms with E-state index >= 15 is 0 Å². The minimum absolute atomic E-state index is 0.0706. The van der Waals surface area contributed by atoms with E-state index < -0.39 is 10.8 Å². The molecule has 1 rings (SSSR count). The Hall–Kier alpha value is -0.380. The number of carbonyl (C=O) groups excluding carboxylic acids is 1. The van der Waals surface area contributed by atoms with Crippen LogP contribution in [-0.2, 0) is 20.3 Å². The summed E-state index contributed by atoms with van der Waals surface area (Å²) in [5.41, 5.74) is 0. The highest BCUT2D eigenvalue weighted by Gasteiger charge is 2.31. The molecule has 1 aliphatic carbocycles. The lowest BCUT2D eigenvalue weighted by atomic mass is 9.97. The highest BCUT2D eigenvalue weighted by atomic mass is 32.2. The summed E-state index contributed by atoms with van der Waals surface area (Å²) >= 11 is 0. The Balaban J connectivity index is 2.07. The number of hydrogen-bond donors (Lipinski definition) is 0. The van der Waals surface area contributed by atoms with Gasteiger partial charge in [-0.2, -0.15) is 0 Å². The van der Waals surface area contributed by atoms with E-state index in [-0.39, 0.29) is 17.3 Å². The molecule has 0 saturated heterocycles. The molecule has 1 fully saturated rings. The molecule has 1 aliphatic rings. The summed E-state index contributed by atoms with van der Waals surface area (Å²) in [5, 5.41) is 0.0706. The van der Waals surface area contributed by atoms with E-state index in [9.17, 15) is 9.00 Å². The Bertz CT molecular complexity index is 357. The van der Waals surface area contributed by atoms with Crippen molar-refractivity contribution >= 4 is 16.8 Å². The second kappa shape index (κ2) is 13.9. The first kappa shape index (κ1) is 21.7.